The van der Waals surface area contributed by atoms with Crippen LogP contribution in [-0.2, 0) is 6.54 Å². The third-order valence-electron chi connectivity index (χ3n) is 2.43. The van der Waals surface area contributed by atoms with Gasteiger partial charge in [-0.1, -0.05) is 30.3 Å². The van der Waals surface area contributed by atoms with E-state index in [0.29, 0.717) is 5.11 Å². The maximum Gasteiger partial charge on any atom is 0.180 e. The second-order valence-corrected chi connectivity index (χ2v) is 4.39. The zero-order valence-corrected chi connectivity index (χ0v) is 11.0. The molecule has 0 aromatic heterocycles. The van der Waals surface area contributed by atoms with Gasteiger partial charge in [0.2, 0.25) is 0 Å². The van der Waals surface area contributed by atoms with E-state index in [0.717, 1.165) is 26.1 Å². The molecule has 0 aliphatic heterocycles. The molecule has 0 aliphatic rings. The lowest BCUT2D eigenvalue weighted by Gasteiger charge is -2.17. The molecule has 4 N–H and O–H groups in total. The SMILES string of the molecule is CN(CCCNC(=S)NN)Cc1ccccc1. The number of hydrazine groups is 1. The third kappa shape index (κ3) is 6.21. The predicted molar refractivity (Wildman–Crippen MR) is 75.3 cm³/mol. The molecule has 0 radical (unpaired) electrons. The first-order valence-corrected chi connectivity index (χ1v) is 6.10. The van der Waals surface area contributed by atoms with Gasteiger partial charge in [-0.3, -0.25) is 0 Å². The molecule has 1 aromatic carbocycles. The Morgan fingerprint density at radius 3 is 2.71 bits per heavy atom. The second-order valence-electron chi connectivity index (χ2n) is 3.98. The van der Waals surface area contributed by atoms with Gasteiger partial charge in [0.25, 0.3) is 0 Å². The molecule has 0 fully saturated rings. The summed E-state index contributed by atoms with van der Waals surface area (Å²) in [6.07, 6.45) is 1.03. The number of thiocarbonyl (C=S) groups is 1. The molecule has 0 atom stereocenters. The summed E-state index contributed by atoms with van der Waals surface area (Å²) in [6, 6.07) is 10.4. The van der Waals surface area contributed by atoms with Crippen molar-refractivity contribution in [3.05, 3.63) is 35.9 Å². The summed E-state index contributed by atoms with van der Waals surface area (Å²) in [4.78, 5) is 2.29. The van der Waals surface area contributed by atoms with Crippen molar-refractivity contribution >= 4 is 17.3 Å². The van der Waals surface area contributed by atoms with Gasteiger partial charge >= 0.3 is 0 Å². The lowest BCUT2D eigenvalue weighted by atomic mass is 10.2. The number of nitrogens with two attached hydrogens (primary N) is 1. The Morgan fingerprint density at radius 1 is 1.35 bits per heavy atom. The zero-order chi connectivity index (χ0) is 12.5. The maximum absolute atomic E-state index is 5.15. The van der Waals surface area contributed by atoms with E-state index in [9.17, 15) is 0 Å². The van der Waals surface area contributed by atoms with Gasteiger partial charge in [-0.2, -0.15) is 0 Å². The fraction of sp³-hybridized carbons (Fsp3) is 0.417. The number of rotatable bonds is 6. The van der Waals surface area contributed by atoms with Gasteiger partial charge in [0.15, 0.2) is 5.11 Å². The Balaban J connectivity index is 2.13. The first kappa shape index (κ1) is 13.9. The molecule has 1 rings (SSSR count). The van der Waals surface area contributed by atoms with Gasteiger partial charge < -0.3 is 15.6 Å². The largest absolute Gasteiger partial charge is 0.362 e. The summed E-state index contributed by atoms with van der Waals surface area (Å²) < 4.78 is 0. The normalized spacial score (nSPS) is 10.3. The van der Waals surface area contributed by atoms with Gasteiger partial charge in [-0.15, -0.1) is 0 Å². The fourth-order valence-electron chi connectivity index (χ4n) is 1.58. The monoisotopic (exact) mass is 252 g/mol. The highest BCUT2D eigenvalue weighted by atomic mass is 32.1. The Labute approximate surface area is 108 Å². The second kappa shape index (κ2) is 8.00. The first-order chi connectivity index (χ1) is 8.22. The van der Waals surface area contributed by atoms with Crippen LogP contribution in [0.25, 0.3) is 0 Å². The molecule has 0 bridgehead atoms. The molecule has 0 amide bonds. The molecule has 0 spiro atoms. The summed E-state index contributed by atoms with van der Waals surface area (Å²) in [6.45, 7) is 2.83. The molecule has 1 aromatic rings. The Morgan fingerprint density at radius 2 is 2.06 bits per heavy atom. The van der Waals surface area contributed by atoms with Crippen LogP contribution in [0, 0.1) is 0 Å². The molecule has 4 nitrogen and oxygen atoms in total. The van der Waals surface area contributed by atoms with Crippen LogP contribution >= 0.6 is 12.2 Å². The average molecular weight is 252 g/mol. The van der Waals surface area contributed by atoms with Crippen molar-refractivity contribution in [3.63, 3.8) is 0 Å². The summed E-state index contributed by atoms with van der Waals surface area (Å²) in [5.41, 5.74) is 3.73. The molecule has 0 saturated heterocycles. The molecule has 0 saturated carbocycles. The van der Waals surface area contributed by atoms with E-state index in [4.69, 9.17) is 18.1 Å². The molecular formula is C12H20N4S. The molecule has 0 unspecified atom stereocenters. The molecule has 0 heterocycles. The third-order valence-corrected chi connectivity index (χ3v) is 2.69. The molecule has 94 valence electrons. The topological polar surface area (TPSA) is 53.3 Å². The van der Waals surface area contributed by atoms with E-state index >= 15 is 0 Å². The molecule has 5 heteroatoms. The lowest BCUT2D eigenvalue weighted by Crippen LogP contribution is -2.40. The minimum Gasteiger partial charge on any atom is -0.362 e. The van der Waals surface area contributed by atoms with Crippen LogP contribution in [0.2, 0.25) is 0 Å². The van der Waals surface area contributed by atoms with E-state index in [-0.39, 0.29) is 0 Å². The van der Waals surface area contributed by atoms with Gasteiger partial charge in [0.1, 0.15) is 0 Å². The standard InChI is InChI=1S/C12H20N4S/c1-16(9-5-8-14-12(17)15-13)10-11-6-3-2-4-7-11/h2-4,6-7H,5,8-10,13H2,1H3,(H2,14,15,17). The van der Waals surface area contributed by atoms with Crippen molar-refractivity contribution in [2.24, 2.45) is 5.84 Å². The highest BCUT2D eigenvalue weighted by Crippen LogP contribution is 2.02. The Kier molecular flexibility index (Phi) is 6.54. The number of benzene rings is 1. The van der Waals surface area contributed by atoms with Gasteiger partial charge in [-0.25, -0.2) is 5.84 Å². The van der Waals surface area contributed by atoms with Crippen molar-refractivity contribution < 1.29 is 0 Å². The number of nitrogens with zero attached hydrogens (tertiary/aromatic N) is 1. The summed E-state index contributed by atoms with van der Waals surface area (Å²) in [7, 11) is 2.12. The lowest BCUT2D eigenvalue weighted by molar-refractivity contribution is 0.322. The van der Waals surface area contributed by atoms with Crippen LogP contribution in [-0.4, -0.2) is 30.1 Å². The summed E-state index contributed by atoms with van der Waals surface area (Å²) >= 11 is 4.88. The molecule has 0 aliphatic carbocycles. The van der Waals surface area contributed by atoms with Crippen molar-refractivity contribution in [2.45, 2.75) is 13.0 Å². The smallest absolute Gasteiger partial charge is 0.180 e. The quantitative estimate of drug-likeness (QED) is 0.303. The molecule has 17 heavy (non-hydrogen) atoms. The van der Waals surface area contributed by atoms with E-state index < -0.39 is 0 Å². The minimum atomic E-state index is 0.496. The average Bonchev–Trinajstić information content (AvgIpc) is 2.35. The van der Waals surface area contributed by atoms with E-state index in [2.05, 4.69) is 47.0 Å². The van der Waals surface area contributed by atoms with Crippen molar-refractivity contribution in [1.29, 1.82) is 0 Å². The summed E-state index contributed by atoms with van der Waals surface area (Å²) in [5, 5.41) is 3.52. The minimum absolute atomic E-state index is 0.496. The highest BCUT2D eigenvalue weighted by molar-refractivity contribution is 7.80. The maximum atomic E-state index is 5.15. The van der Waals surface area contributed by atoms with Crippen molar-refractivity contribution in [2.75, 3.05) is 20.1 Å². The molecular weight excluding hydrogens is 232 g/mol. The predicted octanol–water partition coefficient (Wildman–Crippen LogP) is 0.846. The van der Waals surface area contributed by atoms with Crippen molar-refractivity contribution in [1.82, 2.24) is 15.6 Å². The van der Waals surface area contributed by atoms with E-state index in [1.54, 1.807) is 0 Å². The van der Waals surface area contributed by atoms with Gasteiger partial charge in [-0.05, 0) is 37.8 Å². The van der Waals surface area contributed by atoms with Crippen LogP contribution in [0.15, 0.2) is 30.3 Å². The number of nitrogens with one attached hydrogen (secondary N) is 2. The highest BCUT2D eigenvalue weighted by Gasteiger charge is 1.99. The van der Waals surface area contributed by atoms with Crippen LogP contribution in [0.4, 0.5) is 0 Å². The fourth-order valence-corrected chi connectivity index (χ4v) is 1.68. The van der Waals surface area contributed by atoms with Crippen LogP contribution < -0.4 is 16.6 Å². The number of hydrogen-bond donors (Lipinski definition) is 3. The van der Waals surface area contributed by atoms with Crippen LogP contribution in [0.3, 0.4) is 0 Å². The van der Waals surface area contributed by atoms with E-state index in [1.807, 2.05) is 6.07 Å². The van der Waals surface area contributed by atoms with Crippen LogP contribution in [0.5, 0.6) is 0 Å². The zero-order valence-electron chi connectivity index (χ0n) is 10.1. The van der Waals surface area contributed by atoms with Crippen LogP contribution in [0.1, 0.15) is 12.0 Å². The van der Waals surface area contributed by atoms with E-state index in [1.165, 1.54) is 5.56 Å². The van der Waals surface area contributed by atoms with Gasteiger partial charge in [0, 0.05) is 13.1 Å². The Hall–Kier alpha value is -1.17. The summed E-state index contributed by atoms with van der Waals surface area (Å²) in [5.74, 6) is 5.15. The first-order valence-electron chi connectivity index (χ1n) is 5.69. The van der Waals surface area contributed by atoms with Gasteiger partial charge in [0.05, 0.1) is 0 Å². The van der Waals surface area contributed by atoms with Crippen molar-refractivity contribution in [3.8, 4) is 0 Å². The number of hydrogen-bond acceptors (Lipinski definition) is 3. The Bertz CT molecular complexity index is 329.